The van der Waals surface area contributed by atoms with Gasteiger partial charge in [-0.3, -0.25) is 9.59 Å². The van der Waals surface area contributed by atoms with Crippen molar-refractivity contribution >= 4 is 39.1 Å². The molecular formula is C22H20N4O2S. The summed E-state index contributed by atoms with van der Waals surface area (Å²) in [5.41, 5.74) is 2.94. The minimum Gasteiger partial charge on any atom is -0.345 e. The molecule has 4 rings (SSSR count). The standard InChI is InChI=1S/C22H20N4O2S/c1-14-18-13-19(29-22(18)26(24-14)17-10-5-4-6-11-17)20(27)23-16-9-7-8-15(12-16)21(28)25(2)3/h4-13H,1-3H3,(H,23,27). The third kappa shape index (κ3) is 3.64. The van der Waals surface area contributed by atoms with Gasteiger partial charge in [0.2, 0.25) is 0 Å². The van der Waals surface area contributed by atoms with Crippen LogP contribution in [0.3, 0.4) is 0 Å². The second-order valence-corrected chi connectivity index (χ2v) is 7.93. The van der Waals surface area contributed by atoms with Gasteiger partial charge in [0.05, 0.1) is 16.3 Å². The van der Waals surface area contributed by atoms with Crippen molar-refractivity contribution in [2.45, 2.75) is 6.92 Å². The molecular weight excluding hydrogens is 384 g/mol. The van der Waals surface area contributed by atoms with E-state index in [0.29, 0.717) is 16.1 Å². The second kappa shape index (κ2) is 7.52. The summed E-state index contributed by atoms with van der Waals surface area (Å²) in [7, 11) is 3.40. The molecule has 0 radical (unpaired) electrons. The molecule has 0 saturated carbocycles. The van der Waals surface area contributed by atoms with Crippen molar-refractivity contribution in [3.8, 4) is 5.69 Å². The maximum Gasteiger partial charge on any atom is 0.265 e. The molecule has 0 aliphatic carbocycles. The molecule has 29 heavy (non-hydrogen) atoms. The van der Waals surface area contributed by atoms with E-state index < -0.39 is 0 Å². The molecule has 0 aliphatic heterocycles. The largest absolute Gasteiger partial charge is 0.345 e. The number of hydrogen-bond acceptors (Lipinski definition) is 4. The number of para-hydroxylation sites is 1. The fourth-order valence-corrected chi connectivity index (χ4v) is 4.16. The van der Waals surface area contributed by atoms with E-state index in [-0.39, 0.29) is 11.8 Å². The Morgan fingerprint density at radius 2 is 1.79 bits per heavy atom. The number of benzene rings is 2. The van der Waals surface area contributed by atoms with Crippen LogP contribution in [-0.2, 0) is 0 Å². The lowest BCUT2D eigenvalue weighted by atomic mass is 10.2. The summed E-state index contributed by atoms with van der Waals surface area (Å²) in [6.45, 7) is 1.94. The molecule has 0 atom stereocenters. The lowest BCUT2D eigenvalue weighted by molar-refractivity contribution is 0.0827. The molecule has 0 spiro atoms. The number of thiophene rings is 1. The quantitative estimate of drug-likeness (QED) is 0.550. The molecule has 1 N–H and O–H groups in total. The second-order valence-electron chi connectivity index (χ2n) is 6.90. The predicted octanol–water partition coefficient (Wildman–Crippen LogP) is 4.35. The van der Waals surface area contributed by atoms with Gasteiger partial charge in [-0.1, -0.05) is 24.3 Å². The fraction of sp³-hybridized carbons (Fsp3) is 0.136. The van der Waals surface area contributed by atoms with Crippen LogP contribution in [0.25, 0.3) is 15.9 Å². The molecule has 0 aliphatic rings. The summed E-state index contributed by atoms with van der Waals surface area (Å²) in [4.78, 5) is 28.0. The van der Waals surface area contributed by atoms with E-state index in [4.69, 9.17) is 0 Å². The van der Waals surface area contributed by atoms with Gasteiger partial charge in [-0.05, 0) is 43.3 Å². The number of nitrogens with zero attached hydrogens (tertiary/aromatic N) is 3. The third-order valence-electron chi connectivity index (χ3n) is 4.54. The number of hydrogen-bond donors (Lipinski definition) is 1. The molecule has 146 valence electrons. The van der Waals surface area contributed by atoms with Gasteiger partial charge in [0.15, 0.2) is 0 Å². The molecule has 2 aromatic heterocycles. The van der Waals surface area contributed by atoms with Gasteiger partial charge < -0.3 is 10.2 Å². The number of nitrogens with one attached hydrogen (secondary N) is 1. The number of carbonyl (C=O) groups is 2. The minimum absolute atomic E-state index is 0.110. The van der Waals surface area contributed by atoms with E-state index in [1.807, 2.05) is 48.0 Å². The molecule has 4 aromatic rings. The van der Waals surface area contributed by atoms with Crippen molar-refractivity contribution < 1.29 is 9.59 Å². The highest BCUT2D eigenvalue weighted by molar-refractivity contribution is 7.20. The van der Waals surface area contributed by atoms with E-state index in [2.05, 4.69) is 10.4 Å². The van der Waals surface area contributed by atoms with Gasteiger partial charge in [-0.25, -0.2) is 4.68 Å². The molecule has 0 bridgehead atoms. The normalized spacial score (nSPS) is 10.9. The number of fused-ring (bicyclic) bond motifs is 1. The predicted molar refractivity (Wildman–Crippen MR) is 116 cm³/mol. The SMILES string of the molecule is Cc1nn(-c2ccccc2)c2sc(C(=O)Nc3cccc(C(=O)N(C)C)c3)cc12. The molecule has 0 fully saturated rings. The average molecular weight is 404 g/mol. The Morgan fingerprint density at radius 1 is 1.03 bits per heavy atom. The van der Waals surface area contributed by atoms with Crippen LogP contribution in [0, 0.1) is 6.92 Å². The zero-order valence-electron chi connectivity index (χ0n) is 16.3. The first-order valence-corrected chi connectivity index (χ1v) is 9.93. The van der Waals surface area contributed by atoms with E-state index in [9.17, 15) is 9.59 Å². The van der Waals surface area contributed by atoms with E-state index >= 15 is 0 Å². The molecule has 2 aromatic carbocycles. The number of aryl methyl sites for hydroxylation is 1. The van der Waals surface area contributed by atoms with Crippen molar-refractivity contribution in [2.75, 3.05) is 19.4 Å². The molecule has 0 unspecified atom stereocenters. The van der Waals surface area contributed by atoms with Crippen molar-refractivity contribution in [2.24, 2.45) is 0 Å². The van der Waals surface area contributed by atoms with Crippen LogP contribution in [0.4, 0.5) is 5.69 Å². The van der Waals surface area contributed by atoms with E-state index in [1.54, 1.807) is 38.4 Å². The van der Waals surface area contributed by atoms with Crippen LogP contribution in [0.5, 0.6) is 0 Å². The number of aromatic nitrogens is 2. The van der Waals surface area contributed by atoms with Gasteiger partial charge in [0.25, 0.3) is 11.8 Å². The van der Waals surface area contributed by atoms with Crippen molar-refractivity contribution in [3.63, 3.8) is 0 Å². The summed E-state index contributed by atoms with van der Waals surface area (Å²) in [6.07, 6.45) is 0. The van der Waals surface area contributed by atoms with Crippen LogP contribution < -0.4 is 5.32 Å². The summed E-state index contributed by atoms with van der Waals surface area (Å²) < 4.78 is 1.86. The minimum atomic E-state index is -0.209. The first kappa shape index (κ1) is 18.9. The van der Waals surface area contributed by atoms with Crippen LogP contribution in [0.15, 0.2) is 60.7 Å². The highest BCUT2D eigenvalue weighted by Gasteiger charge is 2.18. The van der Waals surface area contributed by atoms with Crippen LogP contribution in [-0.4, -0.2) is 40.6 Å². The van der Waals surface area contributed by atoms with Crippen LogP contribution >= 0.6 is 11.3 Å². The van der Waals surface area contributed by atoms with Gasteiger partial charge >= 0.3 is 0 Å². The summed E-state index contributed by atoms with van der Waals surface area (Å²) >= 11 is 1.40. The molecule has 2 heterocycles. The fourth-order valence-electron chi connectivity index (χ4n) is 3.08. The summed E-state index contributed by atoms with van der Waals surface area (Å²) in [6, 6.07) is 18.7. The van der Waals surface area contributed by atoms with Gasteiger partial charge in [0, 0.05) is 30.7 Å². The smallest absolute Gasteiger partial charge is 0.265 e. The van der Waals surface area contributed by atoms with Crippen molar-refractivity contribution in [1.82, 2.24) is 14.7 Å². The summed E-state index contributed by atoms with van der Waals surface area (Å²) in [5.74, 6) is -0.318. The summed E-state index contributed by atoms with van der Waals surface area (Å²) in [5, 5.41) is 8.46. The Balaban J connectivity index is 1.63. The highest BCUT2D eigenvalue weighted by atomic mass is 32.1. The molecule has 7 heteroatoms. The van der Waals surface area contributed by atoms with Gasteiger partial charge in [-0.2, -0.15) is 5.10 Å². The van der Waals surface area contributed by atoms with E-state index in [0.717, 1.165) is 21.6 Å². The number of anilines is 1. The van der Waals surface area contributed by atoms with Gasteiger partial charge in [-0.15, -0.1) is 11.3 Å². The lowest BCUT2D eigenvalue weighted by Gasteiger charge is -2.11. The maximum absolute atomic E-state index is 12.8. The van der Waals surface area contributed by atoms with Gasteiger partial charge in [0.1, 0.15) is 4.83 Å². The number of amides is 2. The van der Waals surface area contributed by atoms with Crippen LogP contribution in [0.1, 0.15) is 25.7 Å². The van der Waals surface area contributed by atoms with Crippen LogP contribution in [0.2, 0.25) is 0 Å². The number of rotatable bonds is 4. The zero-order chi connectivity index (χ0) is 20.5. The van der Waals surface area contributed by atoms with Crippen molar-refractivity contribution in [3.05, 3.63) is 76.8 Å². The lowest BCUT2D eigenvalue weighted by Crippen LogP contribution is -2.21. The first-order valence-electron chi connectivity index (χ1n) is 9.11. The Labute approximate surface area is 172 Å². The Bertz CT molecular complexity index is 1210. The highest BCUT2D eigenvalue weighted by Crippen LogP contribution is 2.31. The third-order valence-corrected chi connectivity index (χ3v) is 5.65. The molecule has 2 amide bonds. The molecule has 6 nitrogen and oxygen atoms in total. The Morgan fingerprint density at radius 3 is 2.52 bits per heavy atom. The van der Waals surface area contributed by atoms with Crippen molar-refractivity contribution in [1.29, 1.82) is 0 Å². The van der Waals surface area contributed by atoms with E-state index in [1.165, 1.54) is 16.2 Å². The first-order chi connectivity index (χ1) is 13.9. The zero-order valence-corrected chi connectivity index (χ0v) is 17.2. The maximum atomic E-state index is 12.8. The number of carbonyl (C=O) groups excluding carboxylic acids is 2. The Hall–Kier alpha value is -3.45. The molecule has 0 saturated heterocycles. The average Bonchev–Trinajstić information content (AvgIpc) is 3.29. The Kier molecular flexibility index (Phi) is 4.90. The topological polar surface area (TPSA) is 67.2 Å². The monoisotopic (exact) mass is 404 g/mol.